The van der Waals surface area contributed by atoms with Crippen LogP contribution in [0.3, 0.4) is 0 Å². The second-order valence-electron chi connectivity index (χ2n) is 5.62. The molecule has 2 atom stereocenters. The van der Waals surface area contributed by atoms with Crippen molar-refractivity contribution in [3.63, 3.8) is 0 Å². The minimum Gasteiger partial charge on any atom is -0.313 e. The van der Waals surface area contributed by atoms with Gasteiger partial charge >= 0.3 is 0 Å². The number of aryl methyl sites for hydroxylation is 1. The van der Waals surface area contributed by atoms with E-state index in [9.17, 15) is 8.42 Å². The predicted octanol–water partition coefficient (Wildman–Crippen LogP) is 1.68. The lowest BCUT2D eigenvalue weighted by atomic mass is 10.1. The van der Waals surface area contributed by atoms with E-state index in [1.807, 2.05) is 25.1 Å². The predicted molar refractivity (Wildman–Crippen MR) is 82.2 cm³/mol. The van der Waals surface area contributed by atoms with Crippen LogP contribution in [-0.2, 0) is 16.4 Å². The second kappa shape index (κ2) is 7.20. The highest BCUT2D eigenvalue weighted by Crippen LogP contribution is 2.09. The molecule has 5 heteroatoms. The van der Waals surface area contributed by atoms with E-state index in [1.54, 1.807) is 0 Å². The molecule has 0 aromatic heterocycles. The number of rotatable bonds is 7. The summed E-state index contributed by atoms with van der Waals surface area (Å²) in [7, 11) is -3.18. The molecule has 2 unspecified atom stereocenters. The molecule has 2 N–H and O–H groups in total. The Balaban J connectivity index is 1.76. The average Bonchev–Trinajstić information content (AvgIpc) is 2.89. The first-order chi connectivity index (χ1) is 9.55. The zero-order valence-corrected chi connectivity index (χ0v) is 12.8. The lowest BCUT2D eigenvalue weighted by molar-refractivity contribution is 0.535. The highest BCUT2D eigenvalue weighted by Gasteiger charge is 2.23. The monoisotopic (exact) mass is 296 g/mol. The van der Waals surface area contributed by atoms with E-state index in [0.29, 0.717) is 0 Å². The molecule has 1 aromatic rings. The highest BCUT2D eigenvalue weighted by molar-refractivity contribution is 7.89. The third kappa shape index (κ3) is 5.23. The van der Waals surface area contributed by atoms with Crippen molar-refractivity contribution in [3.8, 4) is 0 Å². The fourth-order valence-electron chi connectivity index (χ4n) is 2.61. The van der Waals surface area contributed by atoms with Gasteiger partial charge in [-0.2, -0.15) is 0 Å². The van der Waals surface area contributed by atoms with Crippen molar-refractivity contribution < 1.29 is 8.42 Å². The standard InChI is InChI=1S/C15H24N2O2S/c1-13(9-10-14-6-3-2-4-7-14)17-20(18,19)12-15-8-5-11-16-15/h2-4,6-7,13,15-17H,5,8-12H2,1H3. The van der Waals surface area contributed by atoms with Gasteiger partial charge in [-0.15, -0.1) is 0 Å². The van der Waals surface area contributed by atoms with Crippen molar-refractivity contribution in [2.45, 2.75) is 44.7 Å². The van der Waals surface area contributed by atoms with E-state index < -0.39 is 10.0 Å². The summed E-state index contributed by atoms with van der Waals surface area (Å²) >= 11 is 0. The molecule has 20 heavy (non-hydrogen) atoms. The van der Waals surface area contributed by atoms with Crippen LogP contribution in [0.2, 0.25) is 0 Å². The van der Waals surface area contributed by atoms with Gasteiger partial charge in [-0.25, -0.2) is 13.1 Å². The van der Waals surface area contributed by atoms with Gasteiger partial charge in [-0.3, -0.25) is 0 Å². The molecule has 1 heterocycles. The van der Waals surface area contributed by atoms with E-state index >= 15 is 0 Å². The highest BCUT2D eigenvalue weighted by atomic mass is 32.2. The van der Waals surface area contributed by atoms with Crippen molar-refractivity contribution in [2.75, 3.05) is 12.3 Å². The Morgan fingerprint density at radius 3 is 2.75 bits per heavy atom. The molecule has 0 radical (unpaired) electrons. The number of benzene rings is 1. The van der Waals surface area contributed by atoms with Gasteiger partial charge in [-0.1, -0.05) is 30.3 Å². The fourth-order valence-corrected chi connectivity index (χ4v) is 4.25. The lowest BCUT2D eigenvalue weighted by Crippen LogP contribution is -2.40. The normalized spacial score (nSPS) is 20.9. The fraction of sp³-hybridized carbons (Fsp3) is 0.600. The molecule has 1 aliphatic rings. The van der Waals surface area contributed by atoms with Gasteiger partial charge in [-0.05, 0) is 44.7 Å². The Labute approximate surface area is 122 Å². The van der Waals surface area contributed by atoms with Crippen LogP contribution in [0.25, 0.3) is 0 Å². The van der Waals surface area contributed by atoms with Gasteiger partial charge in [0.2, 0.25) is 10.0 Å². The topological polar surface area (TPSA) is 58.2 Å². The number of hydrogen-bond donors (Lipinski definition) is 2. The van der Waals surface area contributed by atoms with E-state index in [2.05, 4.69) is 22.2 Å². The summed E-state index contributed by atoms with van der Waals surface area (Å²) in [5, 5.41) is 3.22. The molecule has 1 aliphatic heterocycles. The van der Waals surface area contributed by atoms with Gasteiger partial charge < -0.3 is 5.32 Å². The number of nitrogens with one attached hydrogen (secondary N) is 2. The van der Waals surface area contributed by atoms with Crippen LogP contribution in [0.5, 0.6) is 0 Å². The van der Waals surface area contributed by atoms with E-state index in [1.165, 1.54) is 5.56 Å². The Hall–Kier alpha value is -0.910. The average molecular weight is 296 g/mol. The molecule has 1 saturated heterocycles. The molecule has 0 aliphatic carbocycles. The van der Waals surface area contributed by atoms with Crippen molar-refractivity contribution in [1.82, 2.24) is 10.0 Å². The lowest BCUT2D eigenvalue weighted by Gasteiger charge is -2.16. The third-order valence-corrected chi connectivity index (χ3v) is 5.28. The van der Waals surface area contributed by atoms with Crippen LogP contribution in [0.15, 0.2) is 30.3 Å². The van der Waals surface area contributed by atoms with Crippen LogP contribution in [0, 0.1) is 0 Å². The van der Waals surface area contributed by atoms with Crippen LogP contribution >= 0.6 is 0 Å². The molecule has 4 nitrogen and oxygen atoms in total. The van der Waals surface area contributed by atoms with Crippen molar-refractivity contribution in [1.29, 1.82) is 0 Å². The SMILES string of the molecule is CC(CCc1ccccc1)NS(=O)(=O)CC1CCCN1. The molecular weight excluding hydrogens is 272 g/mol. The summed E-state index contributed by atoms with van der Waals surface area (Å²) in [6, 6.07) is 10.2. The second-order valence-corrected chi connectivity index (χ2v) is 7.42. The summed E-state index contributed by atoms with van der Waals surface area (Å²) in [4.78, 5) is 0. The summed E-state index contributed by atoms with van der Waals surface area (Å²) in [6.07, 6.45) is 3.75. The van der Waals surface area contributed by atoms with Crippen LogP contribution in [-0.4, -0.2) is 32.8 Å². The molecular formula is C15H24N2O2S. The molecule has 0 bridgehead atoms. The van der Waals surface area contributed by atoms with Crippen molar-refractivity contribution in [2.24, 2.45) is 0 Å². The summed E-state index contributed by atoms with van der Waals surface area (Å²) in [6.45, 7) is 2.87. The van der Waals surface area contributed by atoms with Gasteiger partial charge in [0, 0.05) is 12.1 Å². The Morgan fingerprint density at radius 1 is 1.35 bits per heavy atom. The summed E-state index contributed by atoms with van der Waals surface area (Å²) < 4.78 is 26.9. The van der Waals surface area contributed by atoms with Crippen LogP contribution in [0.4, 0.5) is 0 Å². The molecule has 1 fully saturated rings. The Morgan fingerprint density at radius 2 is 2.10 bits per heavy atom. The van der Waals surface area contributed by atoms with Gasteiger partial charge in [0.15, 0.2) is 0 Å². The van der Waals surface area contributed by atoms with Gasteiger partial charge in [0.25, 0.3) is 0 Å². The maximum atomic E-state index is 12.1. The first-order valence-corrected chi connectivity index (χ1v) is 8.98. The minimum absolute atomic E-state index is 0.0263. The third-order valence-electron chi connectivity index (χ3n) is 3.67. The van der Waals surface area contributed by atoms with Crippen LogP contribution in [0.1, 0.15) is 31.7 Å². The van der Waals surface area contributed by atoms with E-state index in [4.69, 9.17) is 0 Å². The van der Waals surface area contributed by atoms with Crippen molar-refractivity contribution in [3.05, 3.63) is 35.9 Å². The largest absolute Gasteiger partial charge is 0.313 e. The zero-order valence-electron chi connectivity index (χ0n) is 12.0. The molecule has 1 aromatic carbocycles. The Kier molecular flexibility index (Phi) is 5.57. The smallest absolute Gasteiger partial charge is 0.213 e. The number of hydrogen-bond acceptors (Lipinski definition) is 3. The molecule has 0 spiro atoms. The quantitative estimate of drug-likeness (QED) is 0.805. The molecule has 2 rings (SSSR count). The Bertz CT molecular complexity index is 496. The minimum atomic E-state index is -3.18. The zero-order chi connectivity index (χ0) is 14.4. The first kappa shape index (κ1) is 15.5. The van der Waals surface area contributed by atoms with Gasteiger partial charge in [0.1, 0.15) is 0 Å². The molecule has 112 valence electrons. The van der Waals surface area contributed by atoms with Gasteiger partial charge in [0.05, 0.1) is 5.75 Å². The maximum absolute atomic E-state index is 12.1. The molecule has 0 saturated carbocycles. The maximum Gasteiger partial charge on any atom is 0.213 e. The summed E-state index contributed by atoms with van der Waals surface area (Å²) in [5.74, 6) is 0.197. The first-order valence-electron chi connectivity index (χ1n) is 7.32. The van der Waals surface area contributed by atoms with E-state index in [0.717, 1.165) is 32.2 Å². The summed E-state index contributed by atoms with van der Waals surface area (Å²) in [5.41, 5.74) is 1.25. The van der Waals surface area contributed by atoms with Crippen LogP contribution < -0.4 is 10.0 Å². The van der Waals surface area contributed by atoms with E-state index in [-0.39, 0.29) is 17.8 Å². The number of sulfonamides is 1. The van der Waals surface area contributed by atoms with Crippen molar-refractivity contribution >= 4 is 10.0 Å². The molecule has 0 amide bonds.